The molecule has 0 aromatic heterocycles. The number of hydrazone groups is 1. The molecule has 0 saturated heterocycles. The highest BCUT2D eigenvalue weighted by atomic mass is 19.1. The van der Waals surface area contributed by atoms with E-state index in [9.17, 15) is 14.0 Å². The minimum atomic E-state index is -1.12. The van der Waals surface area contributed by atoms with Crippen LogP contribution in [0.2, 0.25) is 0 Å². The molecular weight excluding hydrogens is 369 g/mol. The number of nitriles is 1. The van der Waals surface area contributed by atoms with Crippen molar-refractivity contribution in [2.75, 3.05) is 13.2 Å². The third-order valence-electron chi connectivity index (χ3n) is 3.34. The van der Waals surface area contributed by atoms with Gasteiger partial charge in [0.1, 0.15) is 5.82 Å². The number of rotatable bonds is 8. The Balaban J connectivity index is 2.09. The van der Waals surface area contributed by atoms with Crippen molar-refractivity contribution in [3.63, 3.8) is 0 Å². The number of aliphatic carboxylic acids is 1. The Morgan fingerprint density at radius 3 is 2.68 bits per heavy atom. The molecule has 2 aromatic rings. The zero-order valence-electron chi connectivity index (χ0n) is 14.8. The zero-order valence-corrected chi connectivity index (χ0v) is 14.8. The fraction of sp³-hybridized carbons (Fsp3) is 0.158. The van der Waals surface area contributed by atoms with E-state index < -0.39 is 24.3 Å². The lowest BCUT2D eigenvalue weighted by atomic mass is 10.1. The van der Waals surface area contributed by atoms with E-state index in [1.807, 2.05) is 0 Å². The quantitative estimate of drug-likeness (QED) is 0.531. The maximum atomic E-state index is 13.8. The molecule has 0 bridgehead atoms. The largest absolute Gasteiger partial charge is 0.490 e. The van der Waals surface area contributed by atoms with Gasteiger partial charge in [0, 0.05) is 0 Å². The number of carbonyl (C=O) groups is 2. The number of ether oxygens (including phenoxy) is 2. The van der Waals surface area contributed by atoms with Gasteiger partial charge in [0.25, 0.3) is 5.91 Å². The first-order valence-corrected chi connectivity index (χ1v) is 8.09. The Morgan fingerprint density at radius 1 is 1.25 bits per heavy atom. The Morgan fingerprint density at radius 2 is 2.04 bits per heavy atom. The number of nitrogens with zero attached hydrogens (tertiary/aromatic N) is 2. The van der Waals surface area contributed by atoms with Crippen LogP contribution in [0.5, 0.6) is 11.5 Å². The SMILES string of the molecule is CCOc1cc(/C=N\NC(=O)c2ccc(C#N)cc2F)ccc1OCC(=O)O. The Hall–Kier alpha value is -3.93. The van der Waals surface area contributed by atoms with Crippen LogP contribution in [-0.2, 0) is 4.79 Å². The summed E-state index contributed by atoms with van der Waals surface area (Å²) in [6.07, 6.45) is 1.31. The second-order valence-corrected chi connectivity index (χ2v) is 5.33. The summed E-state index contributed by atoms with van der Waals surface area (Å²) in [5, 5.41) is 21.2. The van der Waals surface area contributed by atoms with Gasteiger partial charge < -0.3 is 14.6 Å². The van der Waals surface area contributed by atoms with Gasteiger partial charge in [0.15, 0.2) is 18.1 Å². The lowest BCUT2D eigenvalue weighted by Crippen LogP contribution is -2.19. The maximum absolute atomic E-state index is 13.8. The fourth-order valence-electron chi connectivity index (χ4n) is 2.13. The summed E-state index contributed by atoms with van der Waals surface area (Å²) in [6.45, 7) is 1.58. The number of halogens is 1. The van der Waals surface area contributed by atoms with Crippen molar-refractivity contribution in [3.05, 3.63) is 58.9 Å². The van der Waals surface area contributed by atoms with Gasteiger partial charge in [-0.1, -0.05) is 0 Å². The number of benzene rings is 2. The van der Waals surface area contributed by atoms with Crippen molar-refractivity contribution in [3.8, 4) is 17.6 Å². The normalized spacial score (nSPS) is 10.3. The molecule has 0 fully saturated rings. The lowest BCUT2D eigenvalue weighted by molar-refractivity contribution is -0.139. The van der Waals surface area contributed by atoms with Crippen LogP contribution in [0.25, 0.3) is 0 Å². The molecule has 0 radical (unpaired) electrons. The molecule has 0 heterocycles. The van der Waals surface area contributed by atoms with E-state index in [4.69, 9.17) is 19.8 Å². The Bertz CT molecular complexity index is 953. The van der Waals surface area contributed by atoms with Crippen LogP contribution >= 0.6 is 0 Å². The smallest absolute Gasteiger partial charge is 0.341 e. The minimum absolute atomic E-state index is 0.103. The van der Waals surface area contributed by atoms with Crippen molar-refractivity contribution >= 4 is 18.1 Å². The van der Waals surface area contributed by atoms with Gasteiger partial charge in [-0.15, -0.1) is 0 Å². The van der Waals surface area contributed by atoms with Crippen molar-refractivity contribution in [2.24, 2.45) is 5.10 Å². The summed E-state index contributed by atoms with van der Waals surface area (Å²) in [5.74, 6) is -2.15. The van der Waals surface area contributed by atoms with Crippen LogP contribution < -0.4 is 14.9 Å². The summed E-state index contributed by atoms with van der Waals surface area (Å²) in [6, 6.07) is 9.91. The van der Waals surface area contributed by atoms with Gasteiger partial charge in [-0.25, -0.2) is 14.6 Å². The number of carbonyl (C=O) groups excluding carboxylic acids is 1. The fourth-order valence-corrected chi connectivity index (χ4v) is 2.13. The van der Waals surface area contributed by atoms with E-state index in [0.717, 1.165) is 6.07 Å². The minimum Gasteiger partial charge on any atom is -0.490 e. The highest BCUT2D eigenvalue weighted by Crippen LogP contribution is 2.28. The van der Waals surface area contributed by atoms with Crippen molar-refractivity contribution in [1.29, 1.82) is 5.26 Å². The second kappa shape index (κ2) is 9.68. The first-order chi connectivity index (χ1) is 13.4. The van der Waals surface area contributed by atoms with E-state index in [1.165, 1.54) is 24.4 Å². The van der Waals surface area contributed by atoms with Gasteiger partial charge in [-0.3, -0.25) is 4.79 Å². The van der Waals surface area contributed by atoms with Crippen LogP contribution in [0.3, 0.4) is 0 Å². The number of amides is 1. The first kappa shape index (κ1) is 20.4. The molecule has 0 unspecified atom stereocenters. The van der Waals surface area contributed by atoms with E-state index in [2.05, 4.69) is 10.5 Å². The maximum Gasteiger partial charge on any atom is 0.341 e. The highest BCUT2D eigenvalue weighted by Gasteiger charge is 2.12. The molecule has 2 aromatic carbocycles. The van der Waals surface area contributed by atoms with Crippen molar-refractivity contribution in [1.82, 2.24) is 5.43 Å². The zero-order chi connectivity index (χ0) is 20.5. The van der Waals surface area contributed by atoms with Gasteiger partial charge >= 0.3 is 5.97 Å². The monoisotopic (exact) mass is 385 g/mol. The van der Waals surface area contributed by atoms with E-state index in [-0.39, 0.29) is 16.9 Å². The molecule has 28 heavy (non-hydrogen) atoms. The Labute approximate surface area is 159 Å². The number of nitrogens with one attached hydrogen (secondary N) is 1. The second-order valence-electron chi connectivity index (χ2n) is 5.33. The Kier molecular flexibility index (Phi) is 7.05. The van der Waals surface area contributed by atoms with E-state index in [0.29, 0.717) is 17.9 Å². The molecule has 0 aliphatic rings. The standard InChI is InChI=1S/C19H16FN3O5/c1-2-27-17-8-13(4-6-16(17)28-11-18(24)25)10-22-23-19(26)14-5-3-12(9-21)7-15(14)20/h3-8,10H,2,11H2,1H3,(H,23,26)(H,24,25)/b22-10-. The summed E-state index contributed by atoms with van der Waals surface area (Å²) >= 11 is 0. The molecule has 0 spiro atoms. The topological polar surface area (TPSA) is 121 Å². The van der Waals surface area contributed by atoms with Crippen LogP contribution in [0, 0.1) is 17.1 Å². The molecule has 2 rings (SSSR count). The first-order valence-electron chi connectivity index (χ1n) is 8.09. The summed E-state index contributed by atoms with van der Waals surface area (Å²) in [5.41, 5.74) is 2.58. The van der Waals surface area contributed by atoms with Crippen LogP contribution in [0.1, 0.15) is 28.4 Å². The number of carboxylic acids is 1. The molecule has 1 amide bonds. The molecule has 0 atom stereocenters. The summed E-state index contributed by atoms with van der Waals surface area (Å²) < 4.78 is 24.3. The predicted molar refractivity (Wildman–Crippen MR) is 96.9 cm³/mol. The van der Waals surface area contributed by atoms with Crippen LogP contribution in [0.4, 0.5) is 4.39 Å². The molecule has 0 saturated carbocycles. The van der Waals surface area contributed by atoms with Crippen LogP contribution in [-0.4, -0.2) is 36.4 Å². The third kappa shape index (κ3) is 5.54. The molecule has 2 N–H and O–H groups in total. The van der Waals surface area contributed by atoms with Gasteiger partial charge in [0.05, 0.1) is 30.0 Å². The van der Waals surface area contributed by atoms with Crippen molar-refractivity contribution < 1.29 is 28.6 Å². The molecule has 144 valence electrons. The number of hydrogen-bond acceptors (Lipinski definition) is 6. The molecule has 8 nitrogen and oxygen atoms in total. The van der Waals surface area contributed by atoms with Gasteiger partial charge in [-0.2, -0.15) is 10.4 Å². The van der Waals surface area contributed by atoms with Gasteiger partial charge in [0.2, 0.25) is 0 Å². The van der Waals surface area contributed by atoms with E-state index >= 15 is 0 Å². The number of hydrogen-bond donors (Lipinski definition) is 2. The highest BCUT2D eigenvalue weighted by molar-refractivity contribution is 5.95. The molecule has 0 aliphatic carbocycles. The average molecular weight is 385 g/mol. The molecule has 0 aliphatic heterocycles. The van der Waals surface area contributed by atoms with Gasteiger partial charge in [-0.05, 0) is 48.9 Å². The average Bonchev–Trinajstić information content (AvgIpc) is 2.67. The predicted octanol–water partition coefficient (Wildman–Crippen LogP) is 2.32. The molecule has 9 heteroatoms. The number of carboxylic acid groups (broad SMARTS) is 1. The lowest BCUT2D eigenvalue weighted by Gasteiger charge is -2.11. The third-order valence-corrected chi connectivity index (χ3v) is 3.34. The van der Waals surface area contributed by atoms with Crippen LogP contribution in [0.15, 0.2) is 41.5 Å². The summed E-state index contributed by atoms with van der Waals surface area (Å²) in [7, 11) is 0. The molecular formula is C19H16FN3O5. The van der Waals surface area contributed by atoms with E-state index in [1.54, 1.807) is 25.1 Å². The van der Waals surface area contributed by atoms with Crippen molar-refractivity contribution in [2.45, 2.75) is 6.92 Å². The summed E-state index contributed by atoms with van der Waals surface area (Å²) in [4.78, 5) is 22.6.